The number of rotatable bonds is 5. The second-order valence-electron chi connectivity index (χ2n) is 2.31. The smallest absolute Gasteiger partial charge is 0.301 e. The summed E-state index contributed by atoms with van der Waals surface area (Å²) in [5, 5.41) is 0. The minimum Gasteiger partial charge on any atom is -0.354 e. The second-order valence-corrected chi connectivity index (χ2v) is 2.98. The van der Waals surface area contributed by atoms with Crippen molar-refractivity contribution in [3.05, 3.63) is 24.5 Å². The van der Waals surface area contributed by atoms with Crippen LogP contribution in [0, 0.1) is 0 Å². The molecule has 5 heteroatoms. The molecule has 0 aromatic carbocycles. The molecule has 1 aromatic rings. The van der Waals surface area contributed by atoms with Gasteiger partial charge >= 0.3 is 11.4 Å². The second kappa shape index (κ2) is 5.08. The van der Waals surface area contributed by atoms with Gasteiger partial charge in [-0.1, -0.05) is 0 Å². The lowest BCUT2D eigenvalue weighted by Crippen LogP contribution is -2.02. The summed E-state index contributed by atoms with van der Waals surface area (Å²) < 4.78 is 24.7. The molecule has 1 aromatic heterocycles. The summed E-state index contributed by atoms with van der Waals surface area (Å²) in [6.45, 7) is 1.12. The molecule has 0 spiro atoms. The van der Waals surface area contributed by atoms with Crippen LogP contribution in [0.4, 0.5) is 0 Å². The monoisotopic (exact) mass is 189 g/mol. The Balaban J connectivity index is 2.07. The molecule has 1 unspecified atom stereocenters. The van der Waals surface area contributed by atoms with Crippen molar-refractivity contribution in [1.29, 1.82) is 0 Å². The molecule has 0 aliphatic carbocycles. The lowest BCUT2D eigenvalue weighted by molar-refractivity contribution is 0.294. The molecule has 1 N–H and O–H groups in total. The van der Waals surface area contributed by atoms with E-state index in [9.17, 15) is 4.21 Å². The van der Waals surface area contributed by atoms with Gasteiger partial charge in [-0.2, -0.15) is 4.21 Å². The highest BCUT2D eigenvalue weighted by Crippen LogP contribution is 1.94. The molecular formula is C7H11NO3S. The predicted octanol–water partition coefficient (Wildman–Crippen LogP) is 1.03. The zero-order chi connectivity index (χ0) is 8.81. The molecule has 4 nitrogen and oxygen atoms in total. The first-order chi connectivity index (χ1) is 5.79. The summed E-state index contributed by atoms with van der Waals surface area (Å²) in [7, 11) is 0. The van der Waals surface area contributed by atoms with Crippen molar-refractivity contribution in [1.82, 2.24) is 4.57 Å². The third kappa shape index (κ3) is 3.66. The van der Waals surface area contributed by atoms with E-state index >= 15 is 0 Å². The van der Waals surface area contributed by atoms with Crippen molar-refractivity contribution in [2.24, 2.45) is 0 Å². The van der Waals surface area contributed by atoms with Crippen molar-refractivity contribution in [2.75, 3.05) is 6.61 Å². The maximum absolute atomic E-state index is 10.0. The van der Waals surface area contributed by atoms with Gasteiger partial charge in [0.05, 0.1) is 6.61 Å². The average molecular weight is 189 g/mol. The minimum atomic E-state index is -2.12. The van der Waals surface area contributed by atoms with Gasteiger partial charge in [0, 0.05) is 18.9 Å². The van der Waals surface area contributed by atoms with Crippen molar-refractivity contribution in [2.45, 2.75) is 13.0 Å². The van der Waals surface area contributed by atoms with Crippen LogP contribution >= 0.6 is 0 Å². The van der Waals surface area contributed by atoms with E-state index in [1.54, 1.807) is 0 Å². The van der Waals surface area contributed by atoms with E-state index in [2.05, 4.69) is 4.18 Å². The highest BCUT2D eigenvalue weighted by molar-refractivity contribution is 7.74. The van der Waals surface area contributed by atoms with Crippen LogP contribution in [0.1, 0.15) is 6.42 Å². The number of aryl methyl sites for hydroxylation is 1. The molecule has 0 aliphatic rings. The van der Waals surface area contributed by atoms with Crippen LogP contribution in [0.5, 0.6) is 0 Å². The summed E-state index contributed by atoms with van der Waals surface area (Å²) in [4.78, 5) is 0. The van der Waals surface area contributed by atoms with Crippen LogP contribution in [0.15, 0.2) is 24.5 Å². The zero-order valence-electron chi connectivity index (χ0n) is 6.55. The van der Waals surface area contributed by atoms with Gasteiger partial charge in [0.2, 0.25) is 0 Å². The zero-order valence-corrected chi connectivity index (χ0v) is 7.37. The van der Waals surface area contributed by atoms with Crippen LogP contribution in [-0.2, 0) is 22.1 Å². The number of hydrogen-bond acceptors (Lipinski definition) is 2. The number of hydrogen-bond donors (Lipinski definition) is 1. The van der Waals surface area contributed by atoms with Gasteiger partial charge in [0.25, 0.3) is 0 Å². The third-order valence-electron chi connectivity index (χ3n) is 1.41. The summed E-state index contributed by atoms with van der Waals surface area (Å²) in [5.74, 6) is 0. The Bertz CT molecular complexity index is 235. The lowest BCUT2D eigenvalue weighted by Gasteiger charge is -2.00. The standard InChI is InChI=1S/C7H11NO3S/c9-12(10)11-7-3-6-8-4-1-2-5-8/h1-2,4-5H,3,6-7H2,(H,9,10). The van der Waals surface area contributed by atoms with Gasteiger partial charge in [0.15, 0.2) is 0 Å². The molecule has 0 amide bonds. The summed E-state index contributed by atoms with van der Waals surface area (Å²) in [5.41, 5.74) is 0. The topological polar surface area (TPSA) is 51.5 Å². The quantitative estimate of drug-likeness (QED) is 0.556. The molecule has 12 heavy (non-hydrogen) atoms. The van der Waals surface area contributed by atoms with Gasteiger partial charge in [-0.15, -0.1) is 0 Å². The fourth-order valence-corrected chi connectivity index (χ4v) is 1.16. The molecule has 1 rings (SSSR count). The third-order valence-corrected chi connectivity index (χ3v) is 1.78. The summed E-state index contributed by atoms with van der Waals surface area (Å²) in [6.07, 6.45) is 4.62. The van der Waals surface area contributed by atoms with Crippen LogP contribution < -0.4 is 0 Å². The average Bonchev–Trinajstić information content (AvgIpc) is 2.49. The Labute approximate surface area is 73.6 Å². The van der Waals surface area contributed by atoms with Gasteiger partial charge in [-0.05, 0) is 18.6 Å². The van der Waals surface area contributed by atoms with Crippen molar-refractivity contribution >= 4 is 11.4 Å². The van der Waals surface area contributed by atoms with Crippen LogP contribution in [0.25, 0.3) is 0 Å². The van der Waals surface area contributed by atoms with E-state index in [0.717, 1.165) is 13.0 Å². The lowest BCUT2D eigenvalue weighted by atomic mass is 10.4. The van der Waals surface area contributed by atoms with Crippen LogP contribution in [-0.4, -0.2) is 19.9 Å². The first-order valence-corrected chi connectivity index (χ1v) is 4.67. The Hall–Kier alpha value is -0.650. The largest absolute Gasteiger partial charge is 0.354 e. The maximum Gasteiger partial charge on any atom is 0.301 e. The molecule has 0 bridgehead atoms. The molecule has 0 saturated carbocycles. The molecule has 1 heterocycles. The first kappa shape index (κ1) is 9.44. The maximum atomic E-state index is 10.0. The molecule has 0 aliphatic heterocycles. The van der Waals surface area contributed by atoms with E-state index in [1.165, 1.54) is 0 Å². The van der Waals surface area contributed by atoms with E-state index in [4.69, 9.17) is 4.55 Å². The molecular weight excluding hydrogens is 178 g/mol. The van der Waals surface area contributed by atoms with Gasteiger partial charge in [0.1, 0.15) is 0 Å². The molecule has 1 atom stereocenters. The predicted molar refractivity (Wildman–Crippen MR) is 45.8 cm³/mol. The first-order valence-electron chi connectivity index (χ1n) is 3.64. The van der Waals surface area contributed by atoms with Crippen LogP contribution in [0.2, 0.25) is 0 Å². The highest BCUT2D eigenvalue weighted by atomic mass is 32.2. The fraction of sp³-hybridized carbons (Fsp3) is 0.429. The molecule has 0 saturated heterocycles. The molecule has 0 fully saturated rings. The number of nitrogens with zero attached hydrogens (tertiary/aromatic N) is 1. The Morgan fingerprint density at radius 2 is 2.08 bits per heavy atom. The summed E-state index contributed by atoms with van der Waals surface area (Å²) in [6, 6.07) is 3.87. The van der Waals surface area contributed by atoms with Gasteiger partial charge in [-0.3, -0.25) is 8.74 Å². The Kier molecular flexibility index (Phi) is 3.99. The van der Waals surface area contributed by atoms with E-state index < -0.39 is 11.4 Å². The molecule has 0 radical (unpaired) electrons. The van der Waals surface area contributed by atoms with E-state index in [1.807, 2.05) is 29.1 Å². The van der Waals surface area contributed by atoms with Gasteiger partial charge in [-0.25, -0.2) is 0 Å². The van der Waals surface area contributed by atoms with E-state index in [0.29, 0.717) is 6.61 Å². The normalized spacial score (nSPS) is 13.1. The SMILES string of the molecule is O=S(O)OCCCn1cccc1. The molecule has 68 valence electrons. The van der Waals surface area contributed by atoms with Crippen molar-refractivity contribution in [3.63, 3.8) is 0 Å². The number of aromatic nitrogens is 1. The van der Waals surface area contributed by atoms with Crippen molar-refractivity contribution in [3.8, 4) is 0 Å². The van der Waals surface area contributed by atoms with Crippen LogP contribution in [0.3, 0.4) is 0 Å². The highest BCUT2D eigenvalue weighted by Gasteiger charge is 1.93. The Morgan fingerprint density at radius 1 is 1.42 bits per heavy atom. The fourth-order valence-electron chi connectivity index (χ4n) is 0.897. The van der Waals surface area contributed by atoms with E-state index in [-0.39, 0.29) is 0 Å². The van der Waals surface area contributed by atoms with Gasteiger partial charge < -0.3 is 4.57 Å². The summed E-state index contributed by atoms with van der Waals surface area (Å²) >= 11 is -2.12. The van der Waals surface area contributed by atoms with Crippen molar-refractivity contribution < 1.29 is 12.9 Å². The Morgan fingerprint density at radius 3 is 2.67 bits per heavy atom. The minimum absolute atomic E-state index is 0.307.